The number of amidine groups is 1. The Bertz CT molecular complexity index is 866. The number of hydrogen-bond donors (Lipinski definition) is 3. The van der Waals surface area contributed by atoms with Gasteiger partial charge in [-0.3, -0.25) is 15.0 Å². The van der Waals surface area contributed by atoms with Gasteiger partial charge in [0.1, 0.15) is 11.4 Å². The van der Waals surface area contributed by atoms with Crippen LogP contribution in [0.25, 0.3) is 11.0 Å². The summed E-state index contributed by atoms with van der Waals surface area (Å²) < 4.78 is 10.6. The Morgan fingerprint density at radius 1 is 1.25 bits per heavy atom. The van der Waals surface area contributed by atoms with Crippen molar-refractivity contribution in [2.24, 2.45) is 11.7 Å². The van der Waals surface area contributed by atoms with Gasteiger partial charge in [-0.1, -0.05) is 0 Å². The fourth-order valence-electron chi connectivity index (χ4n) is 3.73. The molecule has 150 valence electrons. The summed E-state index contributed by atoms with van der Waals surface area (Å²) in [7, 11) is 0. The lowest BCUT2D eigenvalue weighted by Gasteiger charge is -2.28. The summed E-state index contributed by atoms with van der Waals surface area (Å²) in [6.07, 6.45) is 5.10. The van der Waals surface area contributed by atoms with Crippen molar-refractivity contribution in [3.63, 3.8) is 0 Å². The van der Waals surface area contributed by atoms with Crippen LogP contribution in [0.15, 0.2) is 28.7 Å². The Kier molecular flexibility index (Phi) is 6.34. The van der Waals surface area contributed by atoms with E-state index in [0.29, 0.717) is 30.1 Å². The summed E-state index contributed by atoms with van der Waals surface area (Å²) in [6, 6.07) is 6.96. The van der Waals surface area contributed by atoms with E-state index in [0.717, 1.165) is 37.5 Å². The van der Waals surface area contributed by atoms with Gasteiger partial charge in [0.15, 0.2) is 5.76 Å². The molecule has 1 heterocycles. The molecule has 7 nitrogen and oxygen atoms in total. The normalized spacial score (nSPS) is 19.3. The number of benzene rings is 1. The van der Waals surface area contributed by atoms with Crippen LogP contribution in [0.3, 0.4) is 0 Å². The minimum atomic E-state index is -0.226. The first-order valence-electron chi connectivity index (χ1n) is 9.80. The number of nitrogens with one attached hydrogen (secondary N) is 2. The van der Waals surface area contributed by atoms with Crippen LogP contribution in [-0.4, -0.2) is 30.4 Å². The smallest absolute Gasteiger partial charge is 0.305 e. The molecule has 1 amide bonds. The molecule has 1 aliphatic rings. The maximum absolute atomic E-state index is 12.5. The zero-order valence-electron chi connectivity index (χ0n) is 16.1. The number of nitrogens with two attached hydrogens (primary N) is 1. The quantitative estimate of drug-likeness (QED) is 0.384. The van der Waals surface area contributed by atoms with Gasteiger partial charge < -0.3 is 20.2 Å². The van der Waals surface area contributed by atoms with Crippen LogP contribution in [0.2, 0.25) is 0 Å². The average molecular weight is 385 g/mol. The number of fused-ring (bicyclic) bond motifs is 1. The number of nitrogen functional groups attached to an aromatic ring is 1. The van der Waals surface area contributed by atoms with Gasteiger partial charge in [0.25, 0.3) is 5.91 Å². The molecule has 2 aromatic rings. The van der Waals surface area contributed by atoms with Crippen LogP contribution in [0.4, 0.5) is 0 Å². The minimum Gasteiger partial charge on any atom is -0.466 e. The highest BCUT2D eigenvalue weighted by Crippen LogP contribution is 2.28. The van der Waals surface area contributed by atoms with Crippen molar-refractivity contribution in [1.29, 1.82) is 5.41 Å². The Morgan fingerprint density at radius 2 is 2.00 bits per heavy atom. The van der Waals surface area contributed by atoms with Gasteiger partial charge in [-0.05, 0) is 69.2 Å². The standard InChI is InChI=1S/C21H27N3O4/c1-2-27-19(25)10-5-13-3-7-16(8-4-13)24-21(26)18-12-15-11-14(20(22)23)6-9-17(15)28-18/h6,9,11-13,16H,2-5,7-8,10H2,1H3,(H3,22,23)(H,24,26)/t13-,16-. The van der Waals surface area contributed by atoms with Crippen LogP contribution in [-0.2, 0) is 9.53 Å². The summed E-state index contributed by atoms with van der Waals surface area (Å²) in [5.74, 6) is 0.397. The number of furan rings is 1. The van der Waals surface area contributed by atoms with Crippen molar-refractivity contribution in [1.82, 2.24) is 5.32 Å². The molecule has 0 spiro atoms. The molecule has 0 unspecified atom stereocenters. The molecular weight excluding hydrogens is 358 g/mol. The average Bonchev–Trinajstić information content (AvgIpc) is 3.11. The largest absolute Gasteiger partial charge is 0.466 e. The summed E-state index contributed by atoms with van der Waals surface area (Å²) in [6.45, 7) is 2.24. The van der Waals surface area contributed by atoms with Gasteiger partial charge in [0.2, 0.25) is 0 Å². The van der Waals surface area contributed by atoms with Crippen molar-refractivity contribution < 1.29 is 18.7 Å². The first kappa shape index (κ1) is 19.9. The van der Waals surface area contributed by atoms with Gasteiger partial charge in [-0.2, -0.15) is 0 Å². The van der Waals surface area contributed by atoms with E-state index < -0.39 is 0 Å². The molecule has 3 rings (SSSR count). The SMILES string of the molecule is CCOC(=O)CC[C@H]1CC[C@H](NC(=O)c2cc3cc(C(=N)N)ccc3o2)CC1. The molecule has 0 atom stereocenters. The molecule has 4 N–H and O–H groups in total. The van der Waals surface area contributed by atoms with Crippen LogP contribution < -0.4 is 11.1 Å². The summed E-state index contributed by atoms with van der Waals surface area (Å²) >= 11 is 0. The van der Waals surface area contributed by atoms with Crippen LogP contribution in [0.5, 0.6) is 0 Å². The molecule has 7 heteroatoms. The Balaban J connectivity index is 1.51. The van der Waals surface area contributed by atoms with Gasteiger partial charge in [-0.25, -0.2) is 0 Å². The lowest BCUT2D eigenvalue weighted by Crippen LogP contribution is -2.37. The van der Waals surface area contributed by atoms with Crippen LogP contribution in [0.1, 0.15) is 61.6 Å². The fraction of sp³-hybridized carbons (Fsp3) is 0.476. The second-order valence-electron chi connectivity index (χ2n) is 7.31. The van der Waals surface area contributed by atoms with E-state index in [4.69, 9.17) is 20.3 Å². The molecule has 0 radical (unpaired) electrons. The van der Waals surface area contributed by atoms with Gasteiger partial charge in [-0.15, -0.1) is 0 Å². The van der Waals surface area contributed by atoms with Gasteiger partial charge in [0, 0.05) is 23.4 Å². The fourth-order valence-corrected chi connectivity index (χ4v) is 3.73. The number of carbonyl (C=O) groups excluding carboxylic acids is 2. The molecule has 1 aliphatic carbocycles. The van der Waals surface area contributed by atoms with E-state index in [9.17, 15) is 9.59 Å². The first-order valence-corrected chi connectivity index (χ1v) is 9.80. The molecule has 1 fully saturated rings. The minimum absolute atomic E-state index is 0.0196. The highest BCUT2D eigenvalue weighted by molar-refractivity contribution is 6.00. The molecule has 1 aromatic carbocycles. The molecule has 28 heavy (non-hydrogen) atoms. The number of rotatable bonds is 7. The van der Waals surface area contributed by atoms with Gasteiger partial charge in [0.05, 0.1) is 6.61 Å². The topological polar surface area (TPSA) is 118 Å². The number of esters is 1. The zero-order chi connectivity index (χ0) is 20.1. The maximum atomic E-state index is 12.5. The van der Waals surface area contributed by atoms with E-state index in [2.05, 4.69) is 5.32 Å². The van der Waals surface area contributed by atoms with Crippen molar-refractivity contribution in [2.75, 3.05) is 6.61 Å². The highest BCUT2D eigenvalue weighted by Gasteiger charge is 2.24. The summed E-state index contributed by atoms with van der Waals surface area (Å²) in [5.41, 5.74) is 6.70. The van der Waals surface area contributed by atoms with Crippen molar-refractivity contribution in [2.45, 2.75) is 51.5 Å². The van der Waals surface area contributed by atoms with E-state index >= 15 is 0 Å². The number of hydrogen-bond acceptors (Lipinski definition) is 5. The number of carbonyl (C=O) groups is 2. The van der Waals surface area contributed by atoms with E-state index in [1.807, 2.05) is 6.92 Å². The van der Waals surface area contributed by atoms with E-state index in [-0.39, 0.29) is 29.5 Å². The Hall–Kier alpha value is -2.83. The first-order chi connectivity index (χ1) is 13.5. The Morgan fingerprint density at radius 3 is 2.68 bits per heavy atom. The van der Waals surface area contributed by atoms with Crippen molar-refractivity contribution in [3.8, 4) is 0 Å². The molecule has 0 saturated heterocycles. The second-order valence-corrected chi connectivity index (χ2v) is 7.31. The second kappa shape index (κ2) is 8.91. The zero-order valence-corrected chi connectivity index (χ0v) is 16.1. The predicted octanol–water partition coefficient (Wildman–Crippen LogP) is 3.35. The predicted molar refractivity (Wildman–Crippen MR) is 106 cm³/mol. The molecule has 1 saturated carbocycles. The molecule has 0 bridgehead atoms. The third-order valence-electron chi connectivity index (χ3n) is 5.30. The lowest BCUT2D eigenvalue weighted by atomic mass is 9.83. The maximum Gasteiger partial charge on any atom is 0.305 e. The van der Waals surface area contributed by atoms with Crippen LogP contribution >= 0.6 is 0 Å². The number of amides is 1. The molecule has 1 aromatic heterocycles. The van der Waals surface area contributed by atoms with Crippen LogP contribution in [0, 0.1) is 11.3 Å². The third-order valence-corrected chi connectivity index (χ3v) is 5.30. The third kappa shape index (κ3) is 4.91. The van der Waals surface area contributed by atoms with Crippen molar-refractivity contribution >= 4 is 28.7 Å². The van der Waals surface area contributed by atoms with Gasteiger partial charge >= 0.3 is 5.97 Å². The molecular formula is C21H27N3O4. The molecule has 0 aliphatic heterocycles. The van der Waals surface area contributed by atoms with Crippen molar-refractivity contribution in [3.05, 3.63) is 35.6 Å². The summed E-state index contributed by atoms with van der Waals surface area (Å²) in [4.78, 5) is 24.0. The highest BCUT2D eigenvalue weighted by atomic mass is 16.5. The monoisotopic (exact) mass is 385 g/mol. The number of ether oxygens (including phenoxy) is 1. The lowest BCUT2D eigenvalue weighted by molar-refractivity contribution is -0.143. The van der Waals surface area contributed by atoms with E-state index in [1.165, 1.54) is 0 Å². The van der Waals surface area contributed by atoms with E-state index in [1.54, 1.807) is 24.3 Å². The Labute approximate surface area is 164 Å². The summed E-state index contributed by atoms with van der Waals surface area (Å²) in [5, 5.41) is 11.3.